The Bertz CT molecular complexity index is 493. The molecule has 1 aromatic carbocycles. The molecular weight excluding hydrogens is 302 g/mol. The molecule has 1 aliphatic rings. The lowest BCUT2D eigenvalue weighted by Crippen LogP contribution is -2.29. The van der Waals surface area contributed by atoms with Gasteiger partial charge >= 0.3 is 5.97 Å². The molecule has 21 heavy (non-hydrogen) atoms. The molecule has 0 heterocycles. The van der Waals surface area contributed by atoms with Gasteiger partial charge in [-0.3, -0.25) is 0 Å². The van der Waals surface area contributed by atoms with Gasteiger partial charge in [-0.25, -0.2) is 4.79 Å². The zero-order valence-electron chi connectivity index (χ0n) is 12.6. The van der Waals surface area contributed by atoms with Crippen LogP contribution in [0.5, 0.6) is 0 Å². The molecule has 2 unspecified atom stereocenters. The highest BCUT2D eigenvalue weighted by Gasteiger charge is 2.23. The van der Waals surface area contributed by atoms with Crippen molar-refractivity contribution in [2.75, 3.05) is 17.3 Å². The van der Waals surface area contributed by atoms with Gasteiger partial charge < -0.3 is 10.4 Å². The normalized spacial score (nSPS) is 22.0. The zero-order valence-corrected chi connectivity index (χ0v) is 14.2. The molecule has 116 valence electrons. The summed E-state index contributed by atoms with van der Waals surface area (Å²) in [6.45, 7) is 2.04. The van der Waals surface area contributed by atoms with Gasteiger partial charge in [-0.1, -0.05) is 19.4 Å². The maximum atomic E-state index is 11.6. The van der Waals surface area contributed by atoms with Crippen molar-refractivity contribution >= 4 is 35.2 Å². The predicted octanol–water partition coefficient (Wildman–Crippen LogP) is 4.58. The first-order chi connectivity index (χ1) is 10.2. The van der Waals surface area contributed by atoms with Gasteiger partial charge in [0.05, 0.1) is 11.3 Å². The Labute approximate surface area is 135 Å². The summed E-state index contributed by atoms with van der Waals surface area (Å²) in [5.74, 6) is 0.0353. The molecule has 0 bridgehead atoms. The Hall–Kier alpha value is -0.810. The largest absolute Gasteiger partial charge is 0.478 e. The number of hydrogen-bond donors (Lipinski definition) is 2. The summed E-state index contributed by atoms with van der Waals surface area (Å²) in [5, 5.41) is 13.7. The Balaban J connectivity index is 2.19. The second kappa shape index (κ2) is 7.99. The molecule has 0 spiro atoms. The summed E-state index contributed by atoms with van der Waals surface area (Å²) in [7, 11) is 0. The topological polar surface area (TPSA) is 49.3 Å². The van der Waals surface area contributed by atoms with Crippen LogP contribution in [-0.2, 0) is 0 Å². The van der Waals surface area contributed by atoms with E-state index in [0.29, 0.717) is 16.9 Å². The molecule has 0 aromatic heterocycles. The van der Waals surface area contributed by atoms with Crippen LogP contribution in [0.2, 0.25) is 0 Å². The lowest BCUT2D eigenvalue weighted by Gasteiger charge is -2.30. The van der Waals surface area contributed by atoms with Crippen LogP contribution in [0.25, 0.3) is 0 Å². The highest BCUT2D eigenvalue weighted by molar-refractivity contribution is 7.99. The van der Waals surface area contributed by atoms with Crippen molar-refractivity contribution in [1.29, 1.82) is 0 Å². The van der Waals surface area contributed by atoms with Crippen molar-refractivity contribution in [2.24, 2.45) is 0 Å². The number of benzene rings is 1. The highest BCUT2D eigenvalue weighted by atomic mass is 32.2. The smallest absolute Gasteiger partial charge is 0.338 e. The van der Waals surface area contributed by atoms with E-state index in [1.54, 1.807) is 11.8 Å². The van der Waals surface area contributed by atoms with E-state index in [9.17, 15) is 9.90 Å². The molecule has 2 N–H and O–H groups in total. The Kier molecular flexibility index (Phi) is 6.30. The van der Waals surface area contributed by atoms with Gasteiger partial charge in [-0.05, 0) is 43.4 Å². The third-order valence-corrected chi connectivity index (χ3v) is 5.89. The number of carboxylic acids is 1. The molecule has 1 aromatic rings. The minimum atomic E-state index is -0.841. The third kappa shape index (κ3) is 4.33. The molecule has 0 aliphatic heterocycles. The van der Waals surface area contributed by atoms with E-state index in [4.69, 9.17) is 0 Å². The predicted molar refractivity (Wildman–Crippen MR) is 93.0 cm³/mol. The Morgan fingerprint density at radius 1 is 1.43 bits per heavy atom. The Morgan fingerprint density at radius 3 is 2.90 bits per heavy atom. The second-order valence-electron chi connectivity index (χ2n) is 5.28. The molecule has 1 aliphatic carbocycles. The number of thioether (sulfide) groups is 2. The van der Waals surface area contributed by atoms with Crippen LogP contribution in [0.15, 0.2) is 23.1 Å². The molecule has 5 heteroatoms. The van der Waals surface area contributed by atoms with Crippen LogP contribution in [0.3, 0.4) is 0 Å². The van der Waals surface area contributed by atoms with Crippen molar-refractivity contribution in [3.63, 3.8) is 0 Å². The van der Waals surface area contributed by atoms with E-state index in [0.717, 1.165) is 29.2 Å². The standard InChI is InChI=1S/C16H23NO2S2/c1-3-21-14-9-5-8-13(15(14)16(18)19)17-11-6-4-7-12(10-11)20-2/h5,8-9,11-12,17H,3-4,6-7,10H2,1-2H3,(H,18,19). The fraction of sp³-hybridized carbons (Fsp3) is 0.562. The van der Waals surface area contributed by atoms with E-state index in [2.05, 4.69) is 11.6 Å². The maximum absolute atomic E-state index is 11.6. The quantitative estimate of drug-likeness (QED) is 0.750. The lowest BCUT2D eigenvalue weighted by atomic mass is 9.94. The van der Waals surface area contributed by atoms with E-state index >= 15 is 0 Å². The fourth-order valence-corrected chi connectivity index (χ4v) is 4.51. The number of carboxylic acid groups (broad SMARTS) is 1. The van der Waals surface area contributed by atoms with Gasteiger partial charge in [-0.2, -0.15) is 11.8 Å². The number of anilines is 1. The van der Waals surface area contributed by atoms with E-state index in [1.807, 2.05) is 36.9 Å². The maximum Gasteiger partial charge on any atom is 0.338 e. The van der Waals surface area contributed by atoms with Crippen molar-refractivity contribution in [3.05, 3.63) is 23.8 Å². The molecule has 1 fully saturated rings. The molecule has 3 nitrogen and oxygen atoms in total. The van der Waals surface area contributed by atoms with Gasteiger partial charge in [0.15, 0.2) is 0 Å². The van der Waals surface area contributed by atoms with E-state index in [-0.39, 0.29) is 0 Å². The number of aromatic carboxylic acids is 1. The van der Waals surface area contributed by atoms with E-state index < -0.39 is 5.97 Å². The molecular formula is C16H23NO2S2. The average Bonchev–Trinajstić information content (AvgIpc) is 2.47. The third-order valence-electron chi connectivity index (χ3n) is 3.86. The number of carbonyl (C=O) groups is 1. The summed E-state index contributed by atoms with van der Waals surface area (Å²) in [6, 6.07) is 6.12. The first-order valence-electron chi connectivity index (χ1n) is 7.44. The first-order valence-corrected chi connectivity index (χ1v) is 9.71. The highest BCUT2D eigenvalue weighted by Crippen LogP contribution is 2.32. The zero-order chi connectivity index (χ0) is 15.2. The fourth-order valence-electron chi connectivity index (χ4n) is 2.86. The molecule has 2 atom stereocenters. The van der Waals surface area contributed by atoms with Gasteiger partial charge in [0.25, 0.3) is 0 Å². The number of rotatable bonds is 6. The van der Waals surface area contributed by atoms with Gasteiger partial charge in [-0.15, -0.1) is 11.8 Å². The SMILES string of the molecule is CCSc1cccc(NC2CCCC(SC)C2)c1C(=O)O. The van der Waals surface area contributed by atoms with Crippen LogP contribution in [0, 0.1) is 0 Å². The van der Waals surface area contributed by atoms with Crippen LogP contribution in [0.1, 0.15) is 43.0 Å². The molecule has 0 saturated heterocycles. The summed E-state index contributed by atoms with van der Waals surface area (Å²) in [6.07, 6.45) is 6.90. The van der Waals surface area contributed by atoms with Crippen molar-refractivity contribution in [2.45, 2.75) is 48.8 Å². The van der Waals surface area contributed by atoms with Crippen LogP contribution in [0.4, 0.5) is 5.69 Å². The summed E-state index contributed by atoms with van der Waals surface area (Å²) in [4.78, 5) is 12.5. The lowest BCUT2D eigenvalue weighted by molar-refractivity contribution is 0.0694. The number of hydrogen-bond acceptors (Lipinski definition) is 4. The summed E-state index contributed by atoms with van der Waals surface area (Å²) >= 11 is 3.51. The molecule has 2 rings (SSSR count). The second-order valence-corrected chi connectivity index (χ2v) is 7.73. The van der Waals surface area contributed by atoms with Gasteiger partial charge in [0, 0.05) is 16.2 Å². The van der Waals surface area contributed by atoms with Crippen LogP contribution >= 0.6 is 23.5 Å². The van der Waals surface area contributed by atoms with Crippen molar-refractivity contribution < 1.29 is 9.90 Å². The minimum absolute atomic E-state index is 0.385. The molecule has 0 amide bonds. The van der Waals surface area contributed by atoms with Crippen LogP contribution in [-0.4, -0.2) is 34.4 Å². The van der Waals surface area contributed by atoms with Crippen molar-refractivity contribution in [3.8, 4) is 0 Å². The van der Waals surface area contributed by atoms with Crippen molar-refractivity contribution in [1.82, 2.24) is 0 Å². The summed E-state index contributed by atoms with van der Waals surface area (Å²) in [5.41, 5.74) is 1.20. The number of nitrogens with one attached hydrogen (secondary N) is 1. The Morgan fingerprint density at radius 2 is 2.24 bits per heavy atom. The van der Waals surface area contributed by atoms with Gasteiger partial charge in [0.2, 0.25) is 0 Å². The molecule has 0 radical (unpaired) electrons. The van der Waals surface area contributed by atoms with Crippen LogP contribution < -0.4 is 5.32 Å². The first kappa shape index (κ1) is 16.6. The average molecular weight is 325 g/mol. The van der Waals surface area contributed by atoms with Gasteiger partial charge in [0.1, 0.15) is 0 Å². The minimum Gasteiger partial charge on any atom is -0.478 e. The molecule has 1 saturated carbocycles. The summed E-state index contributed by atoms with van der Waals surface area (Å²) < 4.78 is 0. The van der Waals surface area contributed by atoms with E-state index in [1.165, 1.54) is 12.8 Å². The monoisotopic (exact) mass is 325 g/mol.